The molecule has 0 spiro atoms. The molecule has 0 aliphatic rings. The van der Waals surface area contributed by atoms with Gasteiger partial charge in [0.25, 0.3) is 0 Å². The summed E-state index contributed by atoms with van der Waals surface area (Å²) in [6, 6.07) is 1.78. The van der Waals surface area contributed by atoms with Gasteiger partial charge in [-0.2, -0.15) is 4.39 Å². The van der Waals surface area contributed by atoms with Crippen molar-refractivity contribution in [3.63, 3.8) is 0 Å². The first-order chi connectivity index (χ1) is 5.13. The van der Waals surface area contributed by atoms with Gasteiger partial charge in [-0.3, -0.25) is 0 Å². The zero-order valence-electron chi connectivity index (χ0n) is 6.36. The summed E-state index contributed by atoms with van der Waals surface area (Å²) in [5.74, 6) is -0.560. The molecule has 1 rings (SSSR count). The summed E-state index contributed by atoms with van der Waals surface area (Å²) in [4.78, 5) is 3.44. The van der Waals surface area contributed by atoms with Crippen LogP contribution in [-0.4, -0.2) is 13.8 Å². The average molecular weight is 189 g/mol. The van der Waals surface area contributed by atoms with Crippen molar-refractivity contribution < 1.29 is 4.39 Å². The van der Waals surface area contributed by atoms with Crippen molar-refractivity contribution in [1.29, 1.82) is 0 Å². The van der Waals surface area contributed by atoms with Gasteiger partial charge >= 0.3 is 0 Å². The first-order valence-corrected chi connectivity index (χ1v) is 6.11. The molecule has 0 bridgehead atoms. The van der Waals surface area contributed by atoms with Crippen LogP contribution in [-0.2, 0) is 0 Å². The van der Waals surface area contributed by atoms with E-state index in [2.05, 4.69) is 18.1 Å². The summed E-state index contributed by atoms with van der Waals surface area (Å²) >= 11 is 5.68. The molecule has 1 aromatic rings. The quantitative estimate of drug-likeness (QED) is 0.484. The molecular weight excluding hydrogens is 181 g/mol. The van der Waals surface area contributed by atoms with E-state index in [1.54, 1.807) is 6.07 Å². The minimum absolute atomic E-state index is 0.186. The molecule has 0 aliphatic carbocycles. The Labute approximate surface area is 71.8 Å². The van der Waals surface area contributed by atoms with Crippen LogP contribution in [0.1, 0.15) is 0 Å². The second kappa shape index (κ2) is 3.32. The Kier molecular flexibility index (Phi) is 2.62. The molecule has 0 fully saturated rings. The van der Waals surface area contributed by atoms with Gasteiger partial charge in [0.1, 0.15) is 0 Å². The maximum Gasteiger partial charge on any atom is 0.231 e. The Morgan fingerprint density at radius 2 is 2.18 bits per heavy atom. The summed E-state index contributed by atoms with van der Waals surface area (Å²) in [7, 11) is -0.676. The molecule has 59 valence electrons. The molecule has 0 aromatic carbocycles. The molecule has 0 unspecified atom stereocenters. The number of nitrogens with zero attached hydrogens (tertiary/aromatic N) is 1. The fraction of sp³-hybridized carbons (Fsp3) is 0.286. The van der Waals surface area contributed by atoms with Crippen LogP contribution < -0.4 is 5.19 Å². The molecule has 0 N–H and O–H groups in total. The van der Waals surface area contributed by atoms with E-state index in [1.807, 2.05) is 0 Å². The van der Waals surface area contributed by atoms with Crippen molar-refractivity contribution in [2.24, 2.45) is 0 Å². The zero-order chi connectivity index (χ0) is 8.43. The second-order valence-corrected chi connectivity index (χ2v) is 5.38. The minimum atomic E-state index is -0.676. The van der Waals surface area contributed by atoms with E-state index in [0.717, 1.165) is 5.19 Å². The minimum Gasteiger partial charge on any atom is -0.227 e. The zero-order valence-corrected chi connectivity index (χ0v) is 8.11. The van der Waals surface area contributed by atoms with Gasteiger partial charge in [-0.05, 0) is 11.3 Å². The standard InChI is InChI=1S/C7H8ClFNSi/c1-11(2)5-3-4-10-7(9)6(5)8/h3-4H,1-2H3. The number of hydrogen-bond acceptors (Lipinski definition) is 1. The lowest BCUT2D eigenvalue weighted by molar-refractivity contribution is 0.585. The van der Waals surface area contributed by atoms with Gasteiger partial charge in [-0.1, -0.05) is 24.7 Å². The van der Waals surface area contributed by atoms with E-state index < -0.39 is 14.7 Å². The van der Waals surface area contributed by atoms with Crippen molar-refractivity contribution in [1.82, 2.24) is 4.98 Å². The van der Waals surface area contributed by atoms with Gasteiger partial charge in [-0.15, -0.1) is 0 Å². The SMILES string of the molecule is C[Si](C)c1ccnc(F)c1Cl. The average Bonchev–Trinajstić information content (AvgIpc) is 1.94. The van der Waals surface area contributed by atoms with Crippen LogP contribution in [0.15, 0.2) is 12.3 Å². The van der Waals surface area contributed by atoms with Gasteiger partial charge in [-0.25, -0.2) is 4.98 Å². The molecule has 0 amide bonds. The van der Waals surface area contributed by atoms with Crippen molar-refractivity contribution in [3.05, 3.63) is 23.2 Å². The van der Waals surface area contributed by atoms with Crippen molar-refractivity contribution in [2.75, 3.05) is 0 Å². The lowest BCUT2D eigenvalue weighted by Crippen LogP contribution is -2.24. The summed E-state index contributed by atoms with van der Waals surface area (Å²) in [6.07, 6.45) is 1.45. The highest BCUT2D eigenvalue weighted by Gasteiger charge is 2.10. The molecule has 1 heterocycles. The second-order valence-electron chi connectivity index (χ2n) is 2.46. The van der Waals surface area contributed by atoms with Gasteiger partial charge in [0.15, 0.2) is 0 Å². The summed E-state index contributed by atoms with van der Waals surface area (Å²) in [5.41, 5.74) is 0. The monoisotopic (exact) mass is 188 g/mol. The fourth-order valence-corrected chi connectivity index (χ4v) is 2.43. The van der Waals surface area contributed by atoms with Crippen LogP contribution in [0.4, 0.5) is 4.39 Å². The Bertz CT molecular complexity index is 265. The molecule has 11 heavy (non-hydrogen) atoms. The van der Waals surface area contributed by atoms with Crippen LogP contribution in [0.2, 0.25) is 18.1 Å². The summed E-state index contributed by atoms with van der Waals surface area (Å²) < 4.78 is 12.7. The maximum absolute atomic E-state index is 12.7. The van der Waals surface area contributed by atoms with Crippen LogP contribution >= 0.6 is 11.6 Å². The first kappa shape index (κ1) is 8.68. The third kappa shape index (κ3) is 1.78. The predicted molar refractivity (Wildman–Crippen MR) is 46.3 cm³/mol. The van der Waals surface area contributed by atoms with Gasteiger partial charge < -0.3 is 0 Å². The number of rotatable bonds is 1. The lowest BCUT2D eigenvalue weighted by atomic mass is 10.5. The van der Waals surface area contributed by atoms with Crippen LogP contribution in [0.5, 0.6) is 0 Å². The van der Waals surface area contributed by atoms with Crippen LogP contribution in [0.3, 0.4) is 0 Å². The topological polar surface area (TPSA) is 12.9 Å². The molecule has 1 aromatic heterocycles. The summed E-state index contributed by atoms with van der Waals surface area (Å²) in [5, 5.41) is 1.09. The number of hydrogen-bond donors (Lipinski definition) is 0. The Morgan fingerprint density at radius 3 is 2.64 bits per heavy atom. The maximum atomic E-state index is 12.7. The number of aromatic nitrogens is 1. The number of pyridine rings is 1. The highest BCUT2D eigenvalue weighted by atomic mass is 35.5. The largest absolute Gasteiger partial charge is 0.231 e. The van der Waals surface area contributed by atoms with Crippen molar-refractivity contribution in [3.8, 4) is 0 Å². The Morgan fingerprint density at radius 1 is 1.55 bits per heavy atom. The molecular formula is C7H8ClFNSi. The molecule has 4 heteroatoms. The summed E-state index contributed by atoms with van der Waals surface area (Å²) in [6.45, 7) is 4.12. The highest BCUT2D eigenvalue weighted by molar-refractivity contribution is 6.73. The third-order valence-electron chi connectivity index (χ3n) is 1.39. The van der Waals surface area contributed by atoms with E-state index in [9.17, 15) is 4.39 Å². The third-order valence-corrected chi connectivity index (χ3v) is 3.40. The van der Waals surface area contributed by atoms with E-state index >= 15 is 0 Å². The van der Waals surface area contributed by atoms with E-state index in [1.165, 1.54) is 6.20 Å². The Hall–Kier alpha value is -0.413. The van der Waals surface area contributed by atoms with Crippen LogP contribution in [0.25, 0.3) is 0 Å². The van der Waals surface area contributed by atoms with E-state index in [0.29, 0.717) is 0 Å². The fourth-order valence-electron chi connectivity index (χ4n) is 0.804. The van der Waals surface area contributed by atoms with Gasteiger partial charge in [0, 0.05) is 6.20 Å². The number of halogens is 2. The molecule has 1 nitrogen and oxygen atoms in total. The molecule has 0 aliphatic heterocycles. The van der Waals surface area contributed by atoms with Crippen LogP contribution in [0, 0.1) is 5.95 Å². The van der Waals surface area contributed by atoms with Gasteiger partial charge in [0.05, 0.1) is 13.8 Å². The van der Waals surface area contributed by atoms with Crippen molar-refractivity contribution in [2.45, 2.75) is 13.1 Å². The highest BCUT2D eigenvalue weighted by Crippen LogP contribution is 2.08. The van der Waals surface area contributed by atoms with E-state index in [-0.39, 0.29) is 5.02 Å². The predicted octanol–water partition coefficient (Wildman–Crippen LogP) is 1.84. The normalized spacial score (nSPS) is 10.6. The first-order valence-electron chi connectivity index (χ1n) is 3.23. The Balaban J connectivity index is 3.17. The molecule has 0 saturated carbocycles. The molecule has 0 atom stereocenters. The van der Waals surface area contributed by atoms with E-state index in [4.69, 9.17) is 11.6 Å². The molecule has 1 radical (unpaired) electrons. The van der Waals surface area contributed by atoms with Gasteiger partial charge in [0.2, 0.25) is 5.95 Å². The molecule has 0 saturated heterocycles. The lowest BCUT2D eigenvalue weighted by Gasteiger charge is -2.04. The smallest absolute Gasteiger partial charge is 0.227 e. The van der Waals surface area contributed by atoms with Crippen molar-refractivity contribution >= 4 is 25.6 Å².